The fourth-order valence-corrected chi connectivity index (χ4v) is 1.69. The first-order valence-corrected chi connectivity index (χ1v) is 5.05. The highest BCUT2D eigenvalue weighted by atomic mass is 19.4. The average Bonchev–Trinajstić information content (AvgIpc) is 2.61. The van der Waals surface area contributed by atoms with Crippen molar-refractivity contribution in [2.45, 2.75) is 13.1 Å². The van der Waals surface area contributed by atoms with Gasteiger partial charge in [-0.15, -0.1) is 0 Å². The lowest BCUT2D eigenvalue weighted by atomic mass is 10.1. The third kappa shape index (κ3) is 2.18. The first-order chi connectivity index (χ1) is 7.89. The van der Waals surface area contributed by atoms with E-state index in [0.717, 1.165) is 10.1 Å². The van der Waals surface area contributed by atoms with Crippen LogP contribution in [0, 0.1) is 6.92 Å². The second kappa shape index (κ2) is 3.91. The van der Waals surface area contributed by atoms with E-state index in [0.29, 0.717) is 5.56 Å². The molecule has 0 unspecified atom stereocenters. The van der Waals surface area contributed by atoms with E-state index < -0.39 is 11.9 Å². The molecule has 0 bridgehead atoms. The molecule has 1 heterocycles. The summed E-state index contributed by atoms with van der Waals surface area (Å²) in [7, 11) is 1.34. The second-order valence-corrected chi connectivity index (χ2v) is 3.92. The largest absolute Gasteiger partial charge is 0.433 e. The van der Waals surface area contributed by atoms with Gasteiger partial charge in [0, 0.05) is 12.6 Å². The Morgan fingerprint density at radius 2 is 1.71 bits per heavy atom. The zero-order chi connectivity index (χ0) is 12.6. The SMILES string of the molecule is Cc1ccc(-c2ncn(C)c2C(F)(F)F)cc1. The van der Waals surface area contributed by atoms with E-state index in [-0.39, 0.29) is 5.69 Å². The van der Waals surface area contributed by atoms with Gasteiger partial charge in [0.1, 0.15) is 5.69 Å². The third-order valence-electron chi connectivity index (χ3n) is 2.53. The summed E-state index contributed by atoms with van der Waals surface area (Å²) in [5.41, 5.74) is 0.725. The van der Waals surface area contributed by atoms with Crippen LogP contribution < -0.4 is 0 Å². The molecular formula is C12H11F3N2. The van der Waals surface area contributed by atoms with Crippen LogP contribution in [0.25, 0.3) is 11.3 Å². The maximum atomic E-state index is 12.8. The minimum atomic E-state index is -4.40. The molecule has 2 aromatic rings. The predicted molar refractivity (Wildman–Crippen MR) is 58.4 cm³/mol. The van der Waals surface area contributed by atoms with E-state index in [1.54, 1.807) is 24.3 Å². The van der Waals surface area contributed by atoms with E-state index in [9.17, 15) is 13.2 Å². The van der Waals surface area contributed by atoms with E-state index in [4.69, 9.17) is 0 Å². The Morgan fingerprint density at radius 3 is 2.24 bits per heavy atom. The zero-order valence-corrected chi connectivity index (χ0v) is 9.42. The Morgan fingerprint density at radius 1 is 1.12 bits per heavy atom. The average molecular weight is 240 g/mol. The molecule has 1 aromatic carbocycles. The number of aromatic nitrogens is 2. The molecule has 0 aliphatic heterocycles. The maximum absolute atomic E-state index is 12.8. The summed E-state index contributed by atoms with van der Waals surface area (Å²) in [6.45, 7) is 1.88. The number of alkyl halides is 3. The van der Waals surface area contributed by atoms with Crippen molar-refractivity contribution < 1.29 is 13.2 Å². The number of aryl methyl sites for hydroxylation is 2. The Bertz CT molecular complexity index is 524. The van der Waals surface area contributed by atoms with Gasteiger partial charge in [0.25, 0.3) is 0 Å². The van der Waals surface area contributed by atoms with Gasteiger partial charge in [0.05, 0.1) is 6.33 Å². The lowest BCUT2D eigenvalue weighted by molar-refractivity contribution is -0.142. The van der Waals surface area contributed by atoms with Crippen molar-refractivity contribution in [3.05, 3.63) is 41.9 Å². The highest BCUT2D eigenvalue weighted by Crippen LogP contribution is 2.35. The van der Waals surface area contributed by atoms with Crippen molar-refractivity contribution in [3.63, 3.8) is 0 Å². The number of rotatable bonds is 1. The molecule has 0 N–H and O–H groups in total. The summed E-state index contributed by atoms with van der Waals surface area (Å²) in [5.74, 6) is 0. The van der Waals surface area contributed by atoms with E-state index >= 15 is 0 Å². The predicted octanol–water partition coefficient (Wildman–Crippen LogP) is 3.41. The van der Waals surface area contributed by atoms with Gasteiger partial charge in [0.15, 0.2) is 5.69 Å². The topological polar surface area (TPSA) is 17.8 Å². The molecule has 90 valence electrons. The number of benzene rings is 1. The van der Waals surface area contributed by atoms with Gasteiger partial charge < -0.3 is 4.57 Å². The molecule has 2 nitrogen and oxygen atoms in total. The van der Waals surface area contributed by atoms with Crippen molar-refractivity contribution in [2.75, 3.05) is 0 Å². The Hall–Kier alpha value is -1.78. The molecule has 0 saturated carbocycles. The van der Waals surface area contributed by atoms with Crippen molar-refractivity contribution in [3.8, 4) is 11.3 Å². The Kier molecular flexibility index (Phi) is 2.69. The molecule has 0 spiro atoms. The first-order valence-electron chi connectivity index (χ1n) is 5.05. The minimum absolute atomic E-state index is 0.0278. The summed E-state index contributed by atoms with van der Waals surface area (Å²) in [6, 6.07) is 6.83. The monoisotopic (exact) mass is 240 g/mol. The lowest BCUT2D eigenvalue weighted by Crippen LogP contribution is -2.12. The Labute approximate surface area is 96.7 Å². The van der Waals surface area contributed by atoms with Crippen LogP contribution in [0.3, 0.4) is 0 Å². The molecule has 5 heteroatoms. The van der Waals surface area contributed by atoms with Crippen LogP contribution in [0.2, 0.25) is 0 Å². The molecule has 0 fully saturated rings. The van der Waals surface area contributed by atoms with Crippen LogP contribution >= 0.6 is 0 Å². The van der Waals surface area contributed by atoms with E-state index in [2.05, 4.69) is 4.98 Å². The van der Waals surface area contributed by atoms with Crippen LogP contribution in [0.5, 0.6) is 0 Å². The summed E-state index contributed by atoms with van der Waals surface area (Å²) in [4.78, 5) is 3.83. The van der Waals surface area contributed by atoms with Gasteiger partial charge in [-0.3, -0.25) is 0 Å². The number of nitrogens with zero attached hydrogens (tertiary/aromatic N) is 2. The molecule has 0 saturated heterocycles. The molecule has 2 rings (SSSR count). The highest BCUT2D eigenvalue weighted by molar-refractivity contribution is 5.62. The number of halogens is 3. The highest BCUT2D eigenvalue weighted by Gasteiger charge is 2.37. The van der Waals surface area contributed by atoms with Crippen LogP contribution in [0.15, 0.2) is 30.6 Å². The molecule has 0 atom stereocenters. The minimum Gasteiger partial charge on any atom is -0.330 e. The smallest absolute Gasteiger partial charge is 0.330 e. The van der Waals surface area contributed by atoms with Gasteiger partial charge in [-0.05, 0) is 6.92 Å². The normalized spacial score (nSPS) is 11.8. The fraction of sp³-hybridized carbons (Fsp3) is 0.250. The molecular weight excluding hydrogens is 229 g/mol. The Balaban J connectivity index is 2.57. The number of hydrogen-bond acceptors (Lipinski definition) is 1. The second-order valence-electron chi connectivity index (χ2n) is 3.92. The third-order valence-corrected chi connectivity index (χ3v) is 2.53. The molecule has 0 aliphatic carbocycles. The fourth-order valence-electron chi connectivity index (χ4n) is 1.69. The van der Waals surface area contributed by atoms with Crippen LogP contribution in [-0.2, 0) is 13.2 Å². The van der Waals surface area contributed by atoms with Crippen molar-refractivity contribution in [2.24, 2.45) is 7.05 Å². The summed E-state index contributed by atoms with van der Waals surface area (Å²) in [5, 5.41) is 0. The van der Waals surface area contributed by atoms with Crippen molar-refractivity contribution >= 4 is 0 Å². The summed E-state index contributed by atoms with van der Waals surface area (Å²) in [6.07, 6.45) is -3.22. The van der Waals surface area contributed by atoms with E-state index in [1.807, 2.05) is 6.92 Å². The first kappa shape index (κ1) is 11.7. The summed E-state index contributed by atoms with van der Waals surface area (Å²) >= 11 is 0. The maximum Gasteiger partial charge on any atom is 0.433 e. The molecule has 0 aliphatic rings. The number of hydrogen-bond donors (Lipinski definition) is 0. The standard InChI is InChI=1S/C12H11F3N2/c1-8-3-5-9(6-4-8)10-11(12(13,14)15)17(2)7-16-10/h3-7H,1-2H3. The van der Waals surface area contributed by atoms with Gasteiger partial charge in [-0.25, -0.2) is 4.98 Å². The van der Waals surface area contributed by atoms with E-state index in [1.165, 1.54) is 13.4 Å². The van der Waals surface area contributed by atoms with Crippen LogP contribution in [-0.4, -0.2) is 9.55 Å². The summed E-state index contributed by atoms with van der Waals surface area (Å²) < 4.78 is 39.5. The lowest BCUT2D eigenvalue weighted by Gasteiger charge is -2.09. The van der Waals surface area contributed by atoms with Crippen LogP contribution in [0.4, 0.5) is 13.2 Å². The molecule has 0 radical (unpaired) electrons. The molecule has 0 amide bonds. The van der Waals surface area contributed by atoms with Gasteiger partial charge in [-0.2, -0.15) is 13.2 Å². The molecule has 1 aromatic heterocycles. The van der Waals surface area contributed by atoms with Crippen LogP contribution in [0.1, 0.15) is 11.3 Å². The van der Waals surface area contributed by atoms with Crippen molar-refractivity contribution in [1.82, 2.24) is 9.55 Å². The molecule has 17 heavy (non-hydrogen) atoms. The van der Waals surface area contributed by atoms with Gasteiger partial charge in [-0.1, -0.05) is 29.8 Å². The van der Waals surface area contributed by atoms with Gasteiger partial charge in [0.2, 0.25) is 0 Å². The van der Waals surface area contributed by atoms with Gasteiger partial charge >= 0.3 is 6.18 Å². The van der Waals surface area contributed by atoms with Crippen molar-refractivity contribution in [1.29, 1.82) is 0 Å². The number of imidazole rings is 1. The zero-order valence-electron chi connectivity index (χ0n) is 9.42. The quantitative estimate of drug-likeness (QED) is 0.746.